The molecule has 0 aromatic heterocycles. The zero-order valence-electron chi connectivity index (χ0n) is 14.3. The van der Waals surface area contributed by atoms with Crippen molar-refractivity contribution in [3.63, 3.8) is 0 Å². The van der Waals surface area contributed by atoms with Gasteiger partial charge in [0.15, 0.2) is 0 Å². The van der Waals surface area contributed by atoms with Crippen LogP contribution < -0.4 is 5.32 Å². The highest BCUT2D eigenvalue weighted by Crippen LogP contribution is 2.08. The van der Waals surface area contributed by atoms with Crippen molar-refractivity contribution in [2.45, 2.75) is 13.0 Å². The van der Waals surface area contributed by atoms with Crippen LogP contribution in [0.25, 0.3) is 0 Å². The number of ether oxygens (including phenoxy) is 1. The lowest BCUT2D eigenvalue weighted by atomic mass is 10.1. The Hall–Kier alpha value is -2.89. The first-order valence-electron chi connectivity index (χ1n) is 7.90. The molecule has 1 N–H and O–H groups in total. The number of hydrogen-bond donors (Lipinski definition) is 1. The van der Waals surface area contributed by atoms with Crippen molar-refractivity contribution >= 4 is 12.0 Å². The molecule has 2 rings (SSSR count). The number of benzene rings is 2. The van der Waals surface area contributed by atoms with E-state index in [4.69, 9.17) is 0 Å². The first-order valence-corrected chi connectivity index (χ1v) is 7.90. The molecular formula is C19H21FN2O3. The topological polar surface area (TPSA) is 58.6 Å². The lowest BCUT2D eigenvalue weighted by Crippen LogP contribution is -2.37. The van der Waals surface area contributed by atoms with Crippen LogP contribution in [-0.4, -0.2) is 37.6 Å². The van der Waals surface area contributed by atoms with E-state index in [-0.39, 0.29) is 11.8 Å². The molecule has 0 aliphatic rings. The first kappa shape index (κ1) is 18.4. The van der Waals surface area contributed by atoms with Gasteiger partial charge in [-0.1, -0.05) is 24.3 Å². The molecule has 2 aromatic rings. The number of carbonyl (C=O) groups is 2. The SMILES string of the molecule is COC(=O)c1ccc(CN(C)C(=O)NCCc2cccc(F)c2)cc1. The van der Waals surface area contributed by atoms with Crippen molar-refractivity contribution < 1.29 is 18.7 Å². The molecule has 6 heteroatoms. The van der Waals surface area contributed by atoms with Crippen LogP contribution in [0.2, 0.25) is 0 Å². The second-order valence-electron chi connectivity index (χ2n) is 5.66. The maximum absolute atomic E-state index is 13.1. The van der Waals surface area contributed by atoms with Crippen LogP contribution in [0.15, 0.2) is 48.5 Å². The number of carbonyl (C=O) groups excluding carboxylic acids is 2. The van der Waals surface area contributed by atoms with E-state index < -0.39 is 5.97 Å². The van der Waals surface area contributed by atoms with Crippen molar-refractivity contribution in [3.8, 4) is 0 Å². The van der Waals surface area contributed by atoms with Crippen LogP contribution in [0.3, 0.4) is 0 Å². The minimum Gasteiger partial charge on any atom is -0.465 e. The van der Waals surface area contributed by atoms with E-state index in [1.54, 1.807) is 42.3 Å². The molecule has 2 aromatic carbocycles. The Labute approximate surface area is 146 Å². The van der Waals surface area contributed by atoms with E-state index in [1.165, 1.54) is 19.2 Å². The number of nitrogens with zero attached hydrogens (tertiary/aromatic N) is 1. The molecule has 0 radical (unpaired) electrons. The van der Waals surface area contributed by atoms with Gasteiger partial charge >= 0.3 is 12.0 Å². The molecule has 132 valence electrons. The fourth-order valence-electron chi connectivity index (χ4n) is 2.35. The quantitative estimate of drug-likeness (QED) is 0.820. The Morgan fingerprint density at radius 1 is 1.12 bits per heavy atom. The van der Waals surface area contributed by atoms with Crippen molar-refractivity contribution in [1.29, 1.82) is 0 Å². The van der Waals surface area contributed by atoms with Crippen molar-refractivity contribution in [2.75, 3.05) is 20.7 Å². The Balaban J connectivity index is 1.80. The summed E-state index contributed by atoms with van der Waals surface area (Å²) in [6, 6.07) is 13.0. The minimum absolute atomic E-state index is 0.214. The lowest BCUT2D eigenvalue weighted by Gasteiger charge is -2.18. The Bertz CT molecular complexity index is 732. The average Bonchev–Trinajstić information content (AvgIpc) is 2.61. The normalized spacial score (nSPS) is 10.2. The minimum atomic E-state index is -0.394. The number of halogens is 1. The highest BCUT2D eigenvalue weighted by Gasteiger charge is 2.10. The smallest absolute Gasteiger partial charge is 0.337 e. The van der Waals surface area contributed by atoms with Gasteiger partial charge in [-0.25, -0.2) is 14.0 Å². The van der Waals surface area contributed by atoms with Gasteiger partial charge in [0.25, 0.3) is 0 Å². The summed E-state index contributed by atoms with van der Waals surface area (Å²) in [5, 5.41) is 2.80. The molecule has 0 atom stereocenters. The molecule has 0 fully saturated rings. The fraction of sp³-hybridized carbons (Fsp3) is 0.263. The molecule has 0 aliphatic carbocycles. The highest BCUT2D eigenvalue weighted by atomic mass is 19.1. The van der Waals surface area contributed by atoms with Gasteiger partial charge in [0, 0.05) is 20.1 Å². The highest BCUT2D eigenvalue weighted by molar-refractivity contribution is 5.89. The van der Waals surface area contributed by atoms with E-state index in [0.29, 0.717) is 25.1 Å². The Morgan fingerprint density at radius 2 is 1.84 bits per heavy atom. The molecule has 25 heavy (non-hydrogen) atoms. The standard InChI is InChI=1S/C19H21FN2O3/c1-22(13-15-6-8-16(9-7-15)18(23)25-2)19(24)21-11-10-14-4-3-5-17(20)12-14/h3-9,12H,10-11,13H2,1-2H3,(H,21,24). The summed E-state index contributed by atoms with van der Waals surface area (Å²) >= 11 is 0. The van der Waals surface area contributed by atoms with Crippen molar-refractivity contribution in [1.82, 2.24) is 10.2 Å². The number of amides is 2. The zero-order chi connectivity index (χ0) is 18.2. The van der Waals surface area contributed by atoms with Gasteiger partial charge in [-0.15, -0.1) is 0 Å². The number of hydrogen-bond acceptors (Lipinski definition) is 3. The summed E-state index contributed by atoms with van der Waals surface area (Å²) in [6.07, 6.45) is 0.561. The molecule has 5 nitrogen and oxygen atoms in total. The number of nitrogens with one attached hydrogen (secondary N) is 1. The molecule has 0 unspecified atom stereocenters. The second kappa shape index (κ2) is 8.82. The third kappa shape index (κ3) is 5.60. The predicted molar refractivity (Wildman–Crippen MR) is 92.8 cm³/mol. The molecule has 2 amide bonds. The molecule has 0 heterocycles. The maximum atomic E-state index is 13.1. The molecular weight excluding hydrogens is 323 g/mol. The monoisotopic (exact) mass is 344 g/mol. The maximum Gasteiger partial charge on any atom is 0.337 e. The number of rotatable bonds is 6. The van der Waals surface area contributed by atoms with E-state index >= 15 is 0 Å². The molecule has 0 aliphatic heterocycles. The Morgan fingerprint density at radius 3 is 2.48 bits per heavy atom. The Kier molecular flexibility index (Phi) is 6.51. The summed E-state index contributed by atoms with van der Waals surface area (Å²) in [4.78, 5) is 25.0. The number of urea groups is 1. The molecule has 0 saturated heterocycles. The van der Waals surface area contributed by atoms with Crippen LogP contribution in [0, 0.1) is 5.82 Å². The number of esters is 1. The summed E-state index contributed by atoms with van der Waals surface area (Å²) in [5.74, 6) is -0.675. The van der Waals surface area contributed by atoms with E-state index in [1.807, 2.05) is 6.07 Å². The van der Waals surface area contributed by atoms with Gasteiger partial charge in [0.1, 0.15) is 5.82 Å². The van der Waals surface area contributed by atoms with Gasteiger partial charge in [-0.05, 0) is 41.8 Å². The second-order valence-corrected chi connectivity index (χ2v) is 5.66. The van der Waals surface area contributed by atoms with Crippen molar-refractivity contribution in [2.24, 2.45) is 0 Å². The third-order valence-electron chi connectivity index (χ3n) is 3.72. The van der Waals surface area contributed by atoms with Crippen LogP contribution in [0.4, 0.5) is 9.18 Å². The van der Waals surface area contributed by atoms with Crippen LogP contribution in [0.1, 0.15) is 21.5 Å². The van der Waals surface area contributed by atoms with E-state index in [9.17, 15) is 14.0 Å². The van der Waals surface area contributed by atoms with Crippen molar-refractivity contribution in [3.05, 3.63) is 71.0 Å². The van der Waals surface area contributed by atoms with Gasteiger partial charge in [0.2, 0.25) is 0 Å². The van der Waals surface area contributed by atoms with Crippen LogP contribution in [0.5, 0.6) is 0 Å². The number of methoxy groups -OCH3 is 1. The fourth-order valence-corrected chi connectivity index (χ4v) is 2.35. The van der Waals surface area contributed by atoms with E-state index in [2.05, 4.69) is 10.1 Å². The largest absolute Gasteiger partial charge is 0.465 e. The van der Waals surface area contributed by atoms with Gasteiger partial charge < -0.3 is 15.0 Å². The zero-order valence-corrected chi connectivity index (χ0v) is 14.3. The molecule has 0 saturated carbocycles. The summed E-state index contributed by atoms with van der Waals surface area (Å²) < 4.78 is 17.7. The van der Waals surface area contributed by atoms with Gasteiger partial charge in [0.05, 0.1) is 12.7 Å². The summed E-state index contributed by atoms with van der Waals surface area (Å²) in [5.41, 5.74) is 2.20. The van der Waals surface area contributed by atoms with E-state index in [0.717, 1.165) is 11.1 Å². The molecule has 0 spiro atoms. The van der Waals surface area contributed by atoms with Crippen LogP contribution in [-0.2, 0) is 17.7 Å². The summed E-state index contributed by atoms with van der Waals surface area (Å²) in [6.45, 7) is 0.834. The van der Waals surface area contributed by atoms with Crippen LogP contribution >= 0.6 is 0 Å². The first-order chi connectivity index (χ1) is 12.0. The van der Waals surface area contributed by atoms with Gasteiger partial charge in [-0.3, -0.25) is 0 Å². The predicted octanol–water partition coefficient (Wildman–Crippen LogP) is 3.00. The third-order valence-corrected chi connectivity index (χ3v) is 3.72. The average molecular weight is 344 g/mol. The summed E-state index contributed by atoms with van der Waals surface area (Å²) in [7, 11) is 3.02. The van der Waals surface area contributed by atoms with Gasteiger partial charge in [-0.2, -0.15) is 0 Å². The lowest BCUT2D eigenvalue weighted by molar-refractivity contribution is 0.0600. The molecule has 0 bridgehead atoms.